The van der Waals surface area contributed by atoms with Gasteiger partial charge in [0, 0.05) is 12.2 Å². The maximum Gasteiger partial charge on any atom is 0.316 e. The second-order valence-corrected chi connectivity index (χ2v) is 6.14. The Labute approximate surface area is 130 Å². The molecule has 114 valence electrons. The molecule has 22 heavy (non-hydrogen) atoms. The minimum Gasteiger partial charge on any atom is -0.341 e. The molecule has 1 aliphatic rings. The van der Waals surface area contributed by atoms with E-state index >= 15 is 0 Å². The molecule has 0 bridgehead atoms. The Morgan fingerprint density at radius 1 is 1.41 bits per heavy atom. The first-order valence-electron chi connectivity index (χ1n) is 6.71. The maximum atomic E-state index is 13.2. The number of hydrogen-bond donors (Lipinski definition) is 1. The lowest BCUT2D eigenvalue weighted by Gasteiger charge is -2.16. The average molecular weight is 320 g/mol. The number of nitrogens with zero attached hydrogens (tertiary/aromatic N) is 3. The van der Waals surface area contributed by atoms with Crippen molar-refractivity contribution < 1.29 is 14.0 Å². The minimum absolute atomic E-state index is 0.167. The largest absolute Gasteiger partial charge is 0.341 e. The quantitative estimate of drug-likeness (QED) is 0.844. The summed E-state index contributed by atoms with van der Waals surface area (Å²) in [5.41, 5.74) is 1.33. The van der Waals surface area contributed by atoms with Crippen LogP contribution >= 0.6 is 11.3 Å². The number of carbonyl (C=O) groups is 2. The van der Waals surface area contributed by atoms with Crippen LogP contribution in [-0.4, -0.2) is 28.6 Å². The zero-order chi connectivity index (χ0) is 15.7. The molecule has 1 aromatic carbocycles. The highest BCUT2D eigenvalue weighted by Crippen LogP contribution is 2.28. The van der Waals surface area contributed by atoms with E-state index in [2.05, 4.69) is 15.5 Å². The van der Waals surface area contributed by atoms with Crippen LogP contribution in [-0.2, 0) is 22.6 Å². The molecule has 0 spiro atoms. The summed E-state index contributed by atoms with van der Waals surface area (Å²) in [5.74, 6) is -1.69. The smallest absolute Gasteiger partial charge is 0.316 e. The van der Waals surface area contributed by atoms with Crippen LogP contribution in [0.3, 0.4) is 0 Å². The van der Waals surface area contributed by atoms with Gasteiger partial charge in [0.15, 0.2) is 0 Å². The third-order valence-corrected chi connectivity index (χ3v) is 4.18. The highest BCUT2D eigenvalue weighted by Gasteiger charge is 2.29. The molecule has 2 amide bonds. The number of benzene rings is 1. The predicted octanol–water partition coefficient (Wildman–Crippen LogP) is 1.19. The van der Waals surface area contributed by atoms with Gasteiger partial charge in [-0.25, -0.2) is 4.39 Å². The van der Waals surface area contributed by atoms with Crippen molar-refractivity contribution in [1.29, 1.82) is 0 Å². The van der Waals surface area contributed by atoms with Crippen molar-refractivity contribution in [2.24, 2.45) is 0 Å². The van der Waals surface area contributed by atoms with E-state index in [4.69, 9.17) is 0 Å². The summed E-state index contributed by atoms with van der Waals surface area (Å²) in [6.07, 6.45) is 0.543. The first-order valence-corrected chi connectivity index (χ1v) is 7.53. The van der Waals surface area contributed by atoms with Crippen molar-refractivity contribution in [3.63, 3.8) is 0 Å². The molecule has 8 heteroatoms. The van der Waals surface area contributed by atoms with Crippen molar-refractivity contribution in [3.05, 3.63) is 39.6 Å². The second-order valence-electron chi connectivity index (χ2n) is 4.88. The van der Waals surface area contributed by atoms with Crippen LogP contribution in [0.15, 0.2) is 18.2 Å². The van der Waals surface area contributed by atoms with Crippen LogP contribution in [0.4, 0.5) is 10.1 Å². The Balaban J connectivity index is 1.66. The second kappa shape index (κ2) is 5.80. The number of nitrogens with one attached hydrogen (secondary N) is 1. The Hall–Kier alpha value is -2.35. The van der Waals surface area contributed by atoms with Gasteiger partial charge >= 0.3 is 11.8 Å². The third-order valence-electron chi connectivity index (χ3n) is 3.34. The van der Waals surface area contributed by atoms with Crippen LogP contribution in [0.1, 0.15) is 15.6 Å². The highest BCUT2D eigenvalue weighted by molar-refractivity contribution is 7.11. The summed E-state index contributed by atoms with van der Waals surface area (Å²) in [6.45, 7) is 2.36. The maximum absolute atomic E-state index is 13.2. The molecule has 2 aromatic rings. The fourth-order valence-electron chi connectivity index (χ4n) is 2.34. The Morgan fingerprint density at radius 3 is 2.95 bits per heavy atom. The average Bonchev–Trinajstić information content (AvgIpc) is 3.09. The normalized spacial score (nSPS) is 13.1. The predicted molar refractivity (Wildman–Crippen MR) is 78.9 cm³/mol. The summed E-state index contributed by atoms with van der Waals surface area (Å²) in [5, 5.41) is 11.7. The fraction of sp³-hybridized carbons (Fsp3) is 0.286. The molecule has 0 aliphatic carbocycles. The van der Waals surface area contributed by atoms with E-state index in [0.29, 0.717) is 23.7 Å². The molecule has 1 aromatic heterocycles. The fourth-order valence-corrected chi connectivity index (χ4v) is 2.99. The van der Waals surface area contributed by atoms with E-state index in [1.807, 2.05) is 6.92 Å². The minimum atomic E-state index is -0.704. The molecule has 0 atom stereocenters. The van der Waals surface area contributed by atoms with Crippen molar-refractivity contribution in [1.82, 2.24) is 15.5 Å². The topological polar surface area (TPSA) is 75.2 Å². The molecule has 0 saturated carbocycles. The molecule has 6 nitrogen and oxygen atoms in total. The van der Waals surface area contributed by atoms with Gasteiger partial charge < -0.3 is 10.2 Å². The van der Waals surface area contributed by atoms with E-state index < -0.39 is 11.8 Å². The Bertz CT molecular complexity index is 746. The van der Waals surface area contributed by atoms with Gasteiger partial charge in [-0.05, 0) is 37.1 Å². The van der Waals surface area contributed by atoms with E-state index in [9.17, 15) is 14.0 Å². The molecule has 2 heterocycles. The summed E-state index contributed by atoms with van der Waals surface area (Å²) in [7, 11) is 0. The number of aromatic nitrogens is 2. The van der Waals surface area contributed by atoms with Crippen molar-refractivity contribution in [3.8, 4) is 0 Å². The molecule has 3 rings (SSSR count). The highest BCUT2D eigenvalue weighted by atomic mass is 32.1. The summed E-state index contributed by atoms with van der Waals surface area (Å²) in [6, 6.07) is 4.20. The molecular formula is C14H13FN4O2S. The lowest BCUT2D eigenvalue weighted by atomic mass is 10.2. The molecule has 0 fully saturated rings. The molecule has 0 saturated heterocycles. The zero-order valence-electron chi connectivity index (χ0n) is 11.8. The first-order chi connectivity index (χ1) is 10.5. The molecule has 0 unspecified atom stereocenters. The van der Waals surface area contributed by atoms with Gasteiger partial charge in [0.2, 0.25) is 0 Å². The first kappa shape index (κ1) is 14.6. The van der Waals surface area contributed by atoms with Crippen LogP contribution in [0.5, 0.6) is 0 Å². The monoisotopic (exact) mass is 320 g/mol. The van der Waals surface area contributed by atoms with Crippen LogP contribution in [0.25, 0.3) is 0 Å². The van der Waals surface area contributed by atoms with E-state index in [0.717, 1.165) is 10.6 Å². The van der Waals surface area contributed by atoms with Gasteiger partial charge in [-0.2, -0.15) is 0 Å². The number of rotatable bonds is 2. The van der Waals surface area contributed by atoms with Crippen molar-refractivity contribution >= 4 is 28.8 Å². The van der Waals surface area contributed by atoms with Gasteiger partial charge in [0.05, 0.1) is 6.54 Å². The number of carbonyl (C=O) groups excluding carboxylic acids is 2. The number of amides is 2. The lowest BCUT2D eigenvalue weighted by Crippen LogP contribution is -2.42. The summed E-state index contributed by atoms with van der Waals surface area (Å²) in [4.78, 5) is 25.5. The van der Waals surface area contributed by atoms with Crippen LogP contribution in [0.2, 0.25) is 0 Å². The number of anilines is 1. The van der Waals surface area contributed by atoms with Crippen molar-refractivity contribution in [2.75, 3.05) is 11.4 Å². The standard InChI is InChI=1S/C14H13FN4O2S/c1-8-17-18-12(22-8)7-16-13(20)14(21)19-5-4-9-6-10(15)2-3-11(9)19/h2-3,6H,4-5,7H2,1H3,(H,16,20). The number of hydrogen-bond acceptors (Lipinski definition) is 5. The van der Waals surface area contributed by atoms with Gasteiger partial charge in [0.1, 0.15) is 15.8 Å². The van der Waals surface area contributed by atoms with Crippen LogP contribution < -0.4 is 10.2 Å². The van der Waals surface area contributed by atoms with Gasteiger partial charge in [0.25, 0.3) is 0 Å². The van der Waals surface area contributed by atoms with E-state index in [-0.39, 0.29) is 12.4 Å². The molecule has 1 N–H and O–H groups in total. The summed E-state index contributed by atoms with van der Waals surface area (Å²) >= 11 is 1.36. The molecular weight excluding hydrogens is 307 g/mol. The lowest BCUT2D eigenvalue weighted by molar-refractivity contribution is -0.137. The van der Waals surface area contributed by atoms with E-state index in [1.165, 1.54) is 34.4 Å². The number of halogens is 1. The number of aryl methyl sites for hydroxylation is 1. The van der Waals surface area contributed by atoms with Crippen molar-refractivity contribution in [2.45, 2.75) is 19.9 Å². The zero-order valence-corrected chi connectivity index (χ0v) is 12.6. The van der Waals surface area contributed by atoms with Gasteiger partial charge in [-0.15, -0.1) is 10.2 Å². The number of fused-ring (bicyclic) bond motifs is 1. The SMILES string of the molecule is Cc1nnc(CNC(=O)C(=O)N2CCc3cc(F)ccc32)s1. The molecule has 0 radical (unpaired) electrons. The third kappa shape index (κ3) is 2.82. The van der Waals surface area contributed by atoms with Gasteiger partial charge in [-0.3, -0.25) is 9.59 Å². The molecule has 1 aliphatic heterocycles. The Morgan fingerprint density at radius 2 is 2.23 bits per heavy atom. The van der Waals surface area contributed by atoms with E-state index in [1.54, 1.807) is 0 Å². The van der Waals surface area contributed by atoms with Gasteiger partial charge in [-0.1, -0.05) is 11.3 Å². The van der Waals surface area contributed by atoms with Crippen LogP contribution in [0, 0.1) is 12.7 Å². The summed E-state index contributed by atoms with van der Waals surface area (Å²) < 4.78 is 13.2. The Kier molecular flexibility index (Phi) is 3.84.